The number of benzene rings is 2. The van der Waals surface area contributed by atoms with Crippen LogP contribution < -0.4 is 10.1 Å². The average molecular weight is 376 g/mol. The van der Waals surface area contributed by atoms with Crippen LogP contribution in [0.3, 0.4) is 0 Å². The van der Waals surface area contributed by atoms with Crippen LogP contribution in [0.2, 0.25) is 0 Å². The van der Waals surface area contributed by atoms with E-state index in [2.05, 4.69) is 5.32 Å². The minimum atomic E-state index is -0.549. The smallest absolute Gasteiger partial charge is 0.410 e. The molecule has 0 fully saturated rings. The number of hydrogen-bond donors (Lipinski definition) is 1. The van der Waals surface area contributed by atoms with Gasteiger partial charge in [0.2, 0.25) is 0 Å². The van der Waals surface area contributed by atoms with E-state index in [1.807, 2.05) is 42.5 Å². The third-order valence-corrected chi connectivity index (χ3v) is 5.06. The van der Waals surface area contributed by atoms with Crippen LogP contribution in [0.4, 0.5) is 4.79 Å². The van der Waals surface area contributed by atoms with Gasteiger partial charge in [0.1, 0.15) is 5.75 Å². The third kappa shape index (κ3) is 3.53. The lowest BCUT2D eigenvalue weighted by molar-refractivity contribution is -0.139. The van der Waals surface area contributed by atoms with E-state index in [0.29, 0.717) is 25.1 Å². The van der Waals surface area contributed by atoms with Crippen molar-refractivity contribution < 1.29 is 19.1 Å². The summed E-state index contributed by atoms with van der Waals surface area (Å²) in [5, 5.41) is 2.75. The minimum Gasteiger partial charge on any atom is -0.410 e. The highest BCUT2D eigenvalue weighted by atomic mass is 16.6. The van der Waals surface area contributed by atoms with E-state index in [1.165, 1.54) is 17.1 Å². The van der Waals surface area contributed by atoms with Crippen LogP contribution in [0.5, 0.6) is 5.75 Å². The normalized spacial score (nSPS) is 17.7. The summed E-state index contributed by atoms with van der Waals surface area (Å²) in [5.74, 6) is -0.264. The van der Waals surface area contributed by atoms with Crippen molar-refractivity contribution >= 4 is 17.9 Å². The number of hydrogen-bond acceptors (Lipinski definition) is 4. The molecule has 28 heavy (non-hydrogen) atoms. The molecule has 2 aliphatic rings. The van der Waals surface area contributed by atoms with Crippen molar-refractivity contribution in [3.8, 4) is 5.75 Å². The van der Waals surface area contributed by atoms with Crippen LogP contribution >= 0.6 is 0 Å². The molecule has 0 spiro atoms. The van der Waals surface area contributed by atoms with Gasteiger partial charge < -0.3 is 10.1 Å². The predicted octanol–water partition coefficient (Wildman–Crippen LogP) is 2.93. The Labute approximate surface area is 162 Å². The molecule has 1 heterocycles. The Hall–Kier alpha value is -3.41. The molecule has 2 aromatic carbocycles. The molecule has 2 aromatic rings. The van der Waals surface area contributed by atoms with Gasteiger partial charge in [-0.2, -0.15) is 0 Å². The quantitative estimate of drug-likeness (QED) is 0.814. The van der Waals surface area contributed by atoms with Crippen molar-refractivity contribution in [1.82, 2.24) is 10.2 Å². The molecule has 1 aliphatic carbocycles. The van der Waals surface area contributed by atoms with Crippen molar-refractivity contribution in [2.45, 2.75) is 25.3 Å². The fraction of sp³-hybridized carbons (Fsp3) is 0.227. The van der Waals surface area contributed by atoms with E-state index in [-0.39, 0.29) is 11.8 Å². The van der Waals surface area contributed by atoms with Gasteiger partial charge in [-0.15, -0.1) is 0 Å². The Bertz CT molecular complexity index is 934. The number of nitrogens with one attached hydrogen (secondary N) is 1. The van der Waals surface area contributed by atoms with E-state index in [4.69, 9.17) is 4.74 Å². The first-order valence-corrected chi connectivity index (χ1v) is 9.30. The van der Waals surface area contributed by atoms with Gasteiger partial charge in [-0.05, 0) is 36.5 Å². The maximum absolute atomic E-state index is 12.3. The number of carbonyl (C=O) groups excluding carboxylic acids is 3. The van der Waals surface area contributed by atoms with Crippen LogP contribution in [0.15, 0.2) is 60.7 Å². The lowest BCUT2D eigenvalue weighted by atomic mass is 10.1. The molecule has 142 valence electrons. The van der Waals surface area contributed by atoms with Gasteiger partial charge in [0.05, 0.1) is 6.04 Å². The highest BCUT2D eigenvalue weighted by Crippen LogP contribution is 2.42. The first-order valence-electron chi connectivity index (χ1n) is 9.30. The highest BCUT2D eigenvalue weighted by molar-refractivity contribution is 6.13. The number of rotatable bonds is 5. The zero-order valence-corrected chi connectivity index (χ0v) is 15.3. The summed E-state index contributed by atoms with van der Waals surface area (Å²) >= 11 is 0. The second kappa shape index (κ2) is 7.68. The number of amides is 3. The lowest BCUT2D eigenvalue weighted by Gasteiger charge is -2.24. The monoisotopic (exact) mass is 376 g/mol. The average Bonchev–Trinajstić information content (AvgIpc) is 3.26. The lowest BCUT2D eigenvalue weighted by Crippen LogP contribution is -2.34. The van der Waals surface area contributed by atoms with Crippen molar-refractivity contribution in [2.75, 3.05) is 6.54 Å². The molecule has 0 unspecified atom stereocenters. The van der Waals surface area contributed by atoms with Crippen LogP contribution in [0, 0.1) is 0 Å². The van der Waals surface area contributed by atoms with Gasteiger partial charge in [0, 0.05) is 24.3 Å². The molecule has 1 aliphatic heterocycles. The first-order chi connectivity index (χ1) is 13.6. The fourth-order valence-electron chi connectivity index (χ4n) is 3.78. The molecule has 0 saturated carbocycles. The number of aryl methyl sites for hydroxylation is 1. The van der Waals surface area contributed by atoms with Crippen LogP contribution in [-0.2, 0) is 22.4 Å². The molecular formula is C22H20N2O4. The molecule has 0 aromatic heterocycles. The second-order valence-corrected chi connectivity index (χ2v) is 6.82. The van der Waals surface area contributed by atoms with Crippen molar-refractivity contribution in [1.29, 1.82) is 0 Å². The predicted molar refractivity (Wildman–Crippen MR) is 103 cm³/mol. The number of imide groups is 1. The summed E-state index contributed by atoms with van der Waals surface area (Å²) < 4.78 is 5.54. The van der Waals surface area contributed by atoms with Gasteiger partial charge in [-0.3, -0.25) is 14.5 Å². The maximum atomic E-state index is 12.3. The Morgan fingerprint density at radius 1 is 1.04 bits per heavy atom. The summed E-state index contributed by atoms with van der Waals surface area (Å²) in [5.41, 5.74) is 2.86. The zero-order valence-electron chi connectivity index (χ0n) is 15.3. The Morgan fingerprint density at radius 2 is 1.79 bits per heavy atom. The first kappa shape index (κ1) is 18.0. The fourth-order valence-corrected chi connectivity index (χ4v) is 3.78. The van der Waals surface area contributed by atoms with Gasteiger partial charge in [0.15, 0.2) is 0 Å². The van der Waals surface area contributed by atoms with Crippen LogP contribution in [0.1, 0.15) is 29.2 Å². The Kier molecular flexibility index (Phi) is 4.93. The largest absolute Gasteiger partial charge is 0.412 e. The number of fused-ring (bicyclic) bond motifs is 1. The summed E-state index contributed by atoms with van der Waals surface area (Å²) in [7, 11) is 0. The van der Waals surface area contributed by atoms with Crippen molar-refractivity contribution in [3.63, 3.8) is 0 Å². The zero-order chi connectivity index (χ0) is 19.5. The topological polar surface area (TPSA) is 75.7 Å². The number of carbonyl (C=O) groups is 3. The Morgan fingerprint density at radius 3 is 2.54 bits per heavy atom. The summed E-state index contributed by atoms with van der Waals surface area (Å²) in [6.45, 7) is 0.453. The van der Waals surface area contributed by atoms with Crippen molar-refractivity contribution in [3.05, 3.63) is 77.4 Å². The molecule has 6 nitrogen and oxygen atoms in total. The van der Waals surface area contributed by atoms with Gasteiger partial charge in [-0.1, -0.05) is 42.5 Å². The van der Waals surface area contributed by atoms with E-state index in [0.717, 1.165) is 23.1 Å². The van der Waals surface area contributed by atoms with Crippen LogP contribution in [0.25, 0.3) is 0 Å². The van der Waals surface area contributed by atoms with Crippen LogP contribution in [-0.4, -0.2) is 29.4 Å². The maximum Gasteiger partial charge on any atom is 0.412 e. The van der Waals surface area contributed by atoms with Gasteiger partial charge in [-0.25, -0.2) is 4.79 Å². The molecule has 0 bridgehead atoms. The molecule has 1 atom stereocenters. The van der Waals surface area contributed by atoms with Gasteiger partial charge >= 0.3 is 6.09 Å². The number of nitrogens with zero attached hydrogens (tertiary/aromatic N) is 1. The molecule has 0 saturated heterocycles. The molecule has 0 radical (unpaired) electrons. The van der Waals surface area contributed by atoms with Gasteiger partial charge in [0.25, 0.3) is 11.8 Å². The third-order valence-electron chi connectivity index (χ3n) is 5.06. The second-order valence-electron chi connectivity index (χ2n) is 6.82. The summed E-state index contributed by atoms with van der Waals surface area (Å²) in [6, 6.07) is 14.9. The highest BCUT2D eigenvalue weighted by Gasteiger charge is 2.38. The van der Waals surface area contributed by atoms with E-state index in [1.54, 1.807) is 6.07 Å². The standard InChI is InChI=1S/C22H20N2O4/c25-19-11-12-20(26)24(19)17-10-9-16-7-4-8-18(21(16)17)28-22(27)23-14-13-15-5-2-1-3-6-15/h1-8,11-12,17H,9-10,13-14H2,(H,23,27)/t17-/m0/s1. The molecular weight excluding hydrogens is 356 g/mol. The minimum absolute atomic E-state index is 0.329. The van der Waals surface area contributed by atoms with E-state index in [9.17, 15) is 14.4 Å². The van der Waals surface area contributed by atoms with E-state index >= 15 is 0 Å². The molecule has 4 rings (SSSR count). The molecule has 1 N–H and O–H groups in total. The summed E-state index contributed by atoms with van der Waals surface area (Å²) in [4.78, 5) is 37.7. The SMILES string of the molecule is O=C(NCCc1ccccc1)Oc1cccc2c1[C@@H](N1C(=O)C=CC1=O)CC2. The molecule has 3 amide bonds. The molecule has 6 heteroatoms. The Balaban J connectivity index is 1.44. The van der Waals surface area contributed by atoms with E-state index < -0.39 is 12.1 Å². The number of ether oxygens (including phenoxy) is 1. The van der Waals surface area contributed by atoms with Crippen molar-refractivity contribution in [2.24, 2.45) is 0 Å². The summed E-state index contributed by atoms with van der Waals surface area (Å²) in [6.07, 6.45) is 4.06.